The first-order valence-corrected chi connectivity index (χ1v) is 7.85. The lowest BCUT2D eigenvalue weighted by Crippen LogP contribution is -2.32. The Hall–Kier alpha value is 0.400. The molecule has 16 heavy (non-hydrogen) atoms. The van der Waals surface area contributed by atoms with Crippen molar-refractivity contribution in [3.05, 3.63) is 0 Å². The van der Waals surface area contributed by atoms with Crippen LogP contribution in [0.2, 0.25) is 0 Å². The zero-order valence-corrected chi connectivity index (χ0v) is 12.5. The molecule has 0 spiro atoms. The van der Waals surface area contributed by atoms with Gasteiger partial charge in [-0.05, 0) is 44.8 Å². The fraction of sp³-hybridized carbons (Fsp3) is 1.00. The summed E-state index contributed by atoms with van der Waals surface area (Å²) in [5, 5.41) is 1.11. The van der Waals surface area contributed by atoms with Crippen LogP contribution in [0.1, 0.15) is 33.1 Å². The number of hydrogen-bond donors (Lipinski definition) is 0. The number of nitrogens with zero attached hydrogens (tertiary/aromatic N) is 2. The minimum absolute atomic E-state index is 0.858. The van der Waals surface area contributed by atoms with Gasteiger partial charge in [0.2, 0.25) is 0 Å². The minimum Gasteiger partial charge on any atom is -0.302 e. The Balaban J connectivity index is 2.14. The van der Waals surface area contributed by atoms with Crippen molar-refractivity contribution >= 4 is 15.9 Å². The lowest BCUT2D eigenvalue weighted by molar-refractivity contribution is 0.257. The van der Waals surface area contributed by atoms with Gasteiger partial charge in [0.15, 0.2) is 0 Å². The number of halogens is 1. The van der Waals surface area contributed by atoms with Crippen LogP contribution in [0.5, 0.6) is 0 Å². The fourth-order valence-electron chi connectivity index (χ4n) is 2.31. The van der Waals surface area contributed by atoms with E-state index in [1.807, 2.05) is 0 Å². The SMILES string of the molecule is CC(C)CCCN1CCCN(CCBr)CC1. The molecule has 0 aliphatic carbocycles. The Labute approximate surface area is 109 Å². The third kappa shape index (κ3) is 6.21. The zero-order valence-electron chi connectivity index (χ0n) is 10.9. The molecular formula is C13H27BrN2. The smallest absolute Gasteiger partial charge is 0.0159 e. The molecule has 0 bridgehead atoms. The summed E-state index contributed by atoms with van der Waals surface area (Å²) in [5.74, 6) is 0.858. The van der Waals surface area contributed by atoms with Crippen molar-refractivity contribution in [2.75, 3.05) is 44.6 Å². The predicted molar refractivity (Wildman–Crippen MR) is 75.4 cm³/mol. The fourth-order valence-corrected chi connectivity index (χ4v) is 2.82. The Bertz CT molecular complexity index is 173. The van der Waals surface area contributed by atoms with Gasteiger partial charge in [-0.1, -0.05) is 29.8 Å². The van der Waals surface area contributed by atoms with Gasteiger partial charge in [0.25, 0.3) is 0 Å². The van der Waals surface area contributed by atoms with Crippen LogP contribution in [-0.4, -0.2) is 54.4 Å². The largest absolute Gasteiger partial charge is 0.302 e. The van der Waals surface area contributed by atoms with Crippen LogP contribution >= 0.6 is 15.9 Å². The first kappa shape index (κ1) is 14.5. The molecule has 3 heteroatoms. The summed E-state index contributed by atoms with van der Waals surface area (Å²) in [6.45, 7) is 12.3. The molecule has 1 rings (SSSR count). The molecule has 2 nitrogen and oxygen atoms in total. The van der Waals surface area contributed by atoms with E-state index in [2.05, 4.69) is 39.6 Å². The van der Waals surface area contributed by atoms with Crippen LogP contribution in [0, 0.1) is 5.92 Å². The molecular weight excluding hydrogens is 264 g/mol. The number of alkyl halides is 1. The van der Waals surface area contributed by atoms with E-state index in [0.717, 1.165) is 11.2 Å². The molecule has 96 valence electrons. The molecule has 0 atom stereocenters. The van der Waals surface area contributed by atoms with E-state index in [-0.39, 0.29) is 0 Å². The Morgan fingerprint density at radius 1 is 1.00 bits per heavy atom. The van der Waals surface area contributed by atoms with E-state index >= 15 is 0 Å². The molecule has 1 fully saturated rings. The van der Waals surface area contributed by atoms with Crippen LogP contribution < -0.4 is 0 Å². The average Bonchev–Trinajstić information content (AvgIpc) is 2.44. The van der Waals surface area contributed by atoms with Gasteiger partial charge in [0, 0.05) is 25.0 Å². The molecule has 0 saturated carbocycles. The molecule has 1 aliphatic heterocycles. The van der Waals surface area contributed by atoms with Crippen LogP contribution in [0.3, 0.4) is 0 Å². The van der Waals surface area contributed by atoms with Crippen molar-refractivity contribution < 1.29 is 0 Å². The second-order valence-corrected chi connectivity index (χ2v) is 6.05. The van der Waals surface area contributed by atoms with Crippen molar-refractivity contribution in [2.24, 2.45) is 5.92 Å². The van der Waals surface area contributed by atoms with E-state index in [1.54, 1.807) is 0 Å². The molecule has 1 saturated heterocycles. The van der Waals surface area contributed by atoms with Crippen molar-refractivity contribution in [2.45, 2.75) is 33.1 Å². The van der Waals surface area contributed by atoms with Gasteiger partial charge >= 0.3 is 0 Å². The highest BCUT2D eigenvalue weighted by Gasteiger charge is 2.13. The van der Waals surface area contributed by atoms with E-state index in [4.69, 9.17) is 0 Å². The van der Waals surface area contributed by atoms with Gasteiger partial charge in [-0.3, -0.25) is 0 Å². The van der Waals surface area contributed by atoms with Gasteiger partial charge in [0.1, 0.15) is 0 Å². The van der Waals surface area contributed by atoms with Gasteiger partial charge in [-0.2, -0.15) is 0 Å². The number of hydrogen-bond acceptors (Lipinski definition) is 2. The standard InChI is InChI=1S/C13H27BrN2/c1-13(2)5-3-7-15-8-4-9-16(10-6-14)12-11-15/h13H,3-12H2,1-2H3. The molecule has 0 radical (unpaired) electrons. The Morgan fingerprint density at radius 3 is 2.19 bits per heavy atom. The van der Waals surface area contributed by atoms with Gasteiger partial charge in [0.05, 0.1) is 0 Å². The lowest BCUT2D eigenvalue weighted by Gasteiger charge is -2.21. The van der Waals surface area contributed by atoms with Gasteiger partial charge < -0.3 is 9.80 Å². The molecule has 0 N–H and O–H groups in total. The van der Waals surface area contributed by atoms with Crippen molar-refractivity contribution in [1.29, 1.82) is 0 Å². The topological polar surface area (TPSA) is 6.48 Å². The van der Waals surface area contributed by atoms with Crippen molar-refractivity contribution in [3.63, 3.8) is 0 Å². The maximum absolute atomic E-state index is 3.53. The predicted octanol–water partition coefficient (Wildman–Crippen LogP) is 2.83. The van der Waals surface area contributed by atoms with Crippen LogP contribution in [-0.2, 0) is 0 Å². The summed E-state index contributed by atoms with van der Waals surface area (Å²) >= 11 is 3.53. The summed E-state index contributed by atoms with van der Waals surface area (Å²) in [4.78, 5) is 5.23. The third-order valence-electron chi connectivity index (χ3n) is 3.34. The quantitative estimate of drug-likeness (QED) is 0.694. The highest BCUT2D eigenvalue weighted by molar-refractivity contribution is 9.09. The molecule has 0 aromatic heterocycles. The summed E-state index contributed by atoms with van der Waals surface area (Å²) in [6, 6.07) is 0. The summed E-state index contributed by atoms with van der Waals surface area (Å²) in [7, 11) is 0. The lowest BCUT2D eigenvalue weighted by atomic mass is 10.1. The van der Waals surface area contributed by atoms with E-state index in [9.17, 15) is 0 Å². The molecule has 0 aromatic carbocycles. The average molecular weight is 291 g/mol. The van der Waals surface area contributed by atoms with Crippen LogP contribution in [0.4, 0.5) is 0 Å². The summed E-state index contributed by atoms with van der Waals surface area (Å²) in [5.41, 5.74) is 0. The van der Waals surface area contributed by atoms with Crippen LogP contribution in [0.15, 0.2) is 0 Å². The van der Waals surface area contributed by atoms with Gasteiger partial charge in [-0.15, -0.1) is 0 Å². The first-order valence-electron chi connectivity index (χ1n) is 6.73. The highest BCUT2D eigenvalue weighted by Crippen LogP contribution is 2.08. The maximum Gasteiger partial charge on any atom is 0.0159 e. The zero-order chi connectivity index (χ0) is 11.8. The Kier molecular flexibility index (Phi) is 7.67. The first-order chi connectivity index (χ1) is 7.72. The van der Waals surface area contributed by atoms with Crippen molar-refractivity contribution in [3.8, 4) is 0 Å². The van der Waals surface area contributed by atoms with Gasteiger partial charge in [-0.25, -0.2) is 0 Å². The van der Waals surface area contributed by atoms with Crippen LogP contribution in [0.25, 0.3) is 0 Å². The Morgan fingerprint density at radius 2 is 1.62 bits per heavy atom. The second-order valence-electron chi connectivity index (χ2n) is 5.26. The molecule has 0 aromatic rings. The highest BCUT2D eigenvalue weighted by atomic mass is 79.9. The third-order valence-corrected chi connectivity index (χ3v) is 3.69. The maximum atomic E-state index is 3.53. The molecule has 1 heterocycles. The molecule has 0 amide bonds. The normalized spacial score (nSPS) is 20.2. The summed E-state index contributed by atoms with van der Waals surface area (Å²) < 4.78 is 0. The second kappa shape index (κ2) is 8.48. The van der Waals surface area contributed by atoms with E-state index in [1.165, 1.54) is 58.5 Å². The van der Waals surface area contributed by atoms with Crippen molar-refractivity contribution in [1.82, 2.24) is 9.80 Å². The molecule has 1 aliphatic rings. The monoisotopic (exact) mass is 290 g/mol. The van der Waals surface area contributed by atoms with E-state index in [0.29, 0.717) is 0 Å². The minimum atomic E-state index is 0.858. The number of rotatable bonds is 6. The molecule has 0 unspecified atom stereocenters. The van der Waals surface area contributed by atoms with E-state index < -0.39 is 0 Å². The summed E-state index contributed by atoms with van der Waals surface area (Å²) in [6.07, 6.45) is 4.09.